The maximum atomic E-state index is 13.6. The number of halogens is 2. The SMILES string of the molecule is CCCc1ccc(C(O)c2cc(F)ccc2F)cc1. The second-order valence-electron chi connectivity index (χ2n) is 4.56. The predicted molar refractivity (Wildman–Crippen MR) is 70.9 cm³/mol. The van der Waals surface area contributed by atoms with E-state index < -0.39 is 17.7 Å². The zero-order valence-electron chi connectivity index (χ0n) is 10.7. The molecule has 1 N–H and O–H groups in total. The summed E-state index contributed by atoms with van der Waals surface area (Å²) in [4.78, 5) is 0. The van der Waals surface area contributed by atoms with Crippen LogP contribution in [0.2, 0.25) is 0 Å². The Morgan fingerprint density at radius 3 is 2.37 bits per heavy atom. The lowest BCUT2D eigenvalue weighted by Gasteiger charge is -2.13. The second-order valence-corrected chi connectivity index (χ2v) is 4.56. The molecule has 0 aromatic heterocycles. The van der Waals surface area contributed by atoms with Crippen molar-refractivity contribution in [2.75, 3.05) is 0 Å². The normalized spacial score (nSPS) is 12.4. The molecule has 2 rings (SSSR count). The molecule has 0 aliphatic rings. The maximum absolute atomic E-state index is 13.6. The van der Waals surface area contributed by atoms with Crippen molar-refractivity contribution in [2.45, 2.75) is 25.9 Å². The molecule has 0 aliphatic heterocycles. The van der Waals surface area contributed by atoms with Gasteiger partial charge in [0.1, 0.15) is 17.7 Å². The first-order valence-electron chi connectivity index (χ1n) is 6.33. The number of aryl methyl sites for hydroxylation is 1. The third-order valence-corrected chi connectivity index (χ3v) is 3.09. The molecule has 1 atom stereocenters. The van der Waals surface area contributed by atoms with E-state index in [-0.39, 0.29) is 5.56 Å². The lowest BCUT2D eigenvalue weighted by molar-refractivity contribution is 0.214. The molecule has 0 saturated heterocycles. The van der Waals surface area contributed by atoms with E-state index in [0.29, 0.717) is 5.56 Å². The summed E-state index contributed by atoms with van der Waals surface area (Å²) in [5.74, 6) is -1.16. The summed E-state index contributed by atoms with van der Waals surface area (Å²) in [5.41, 5.74) is 1.69. The first kappa shape index (κ1) is 13.7. The van der Waals surface area contributed by atoms with E-state index in [4.69, 9.17) is 0 Å². The molecule has 100 valence electrons. The average molecular weight is 262 g/mol. The van der Waals surface area contributed by atoms with Gasteiger partial charge in [-0.1, -0.05) is 37.6 Å². The minimum Gasteiger partial charge on any atom is -0.384 e. The van der Waals surface area contributed by atoms with Gasteiger partial charge in [0.15, 0.2) is 0 Å². The van der Waals surface area contributed by atoms with Crippen LogP contribution in [0.15, 0.2) is 42.5 Å². The van der Waals surface area contributed by atoms with Crippen molar-refractivity contribution >= 4 is 0 Å². The van der Waals surface area contributed by atoms with E-state index in [2.05, 4.69) is 6.92 Å². The van der Waals surface area contributed by atoms with Crippen molar-refractivity contribution in [1.29, 1.82) is 0 Å². The molecular formula is C16H16F2O. The van der Waals surface area contributed by atoms with Crippen LogP contribution in [-0.4, -0.2) is 5.11 Å². The Morgan fingerprint density at radius 1 is 1.05 bits per heavy atom. The highest BCUT2D eigenvalue weighted by Gasteiger charge is 2.15. The van der Waals surface area contributed by atoms with Crippen molar-refractivity contribution in [3.05, 3.63) is 70.8 Å². The summed E-state index contributed by atoms with van der Waals surface area (Å²) in [6.45, 7) is 2.09. The van der Waals surface area contributed by atoms with E-state index in [9.17, 15) is 13.9 Å². The van der Waals surface area contributed by atoms with Crippen LogP contribution in [0.4, 0.5) is 8.78 Å². The van der Waals surface area contributed by atoms with Crippen LogP contribution in [0, 0.1) is 11.6 Å². The minimum atomic E-state index is -1.15. The zero-order chi connectivity index (χ0) is 13.8. The van der Waals surface area contributed by atoms with E-state index in [1.807, 2.05) is 12.1 Å². The molecule has 2 aromatic carbocycles. The molecule has 19 heavy (non-hydrogen) atoms. The van der Waals surface area contributed by atoms with Gasteiger partial charge in [-0.3, -0.25) is 0 Å². The van der Waals surface area contributed by atoms with Gasteiger partial charge >= 0.3 is 0 Å². The van der Waals surface area contributed by atoms with Crippen molar-refractivity contribution < 1.29 is 13.9 Å². The summed E-state index contributed by atoms with van der Waals surface area (Å²) >= 11 is 0. The van der Waals surface area contributed by atoms with Gasteiger partial charge in [0.05, 0.1) is 0 Å². The fourth-order valence-corrected chi connectivity index (χ4v) is 2.06. The van der Waals surface area contributed by atoms with Gasteiger partial charge < -0.3 is 5.11 Å². The predicted octanol–water partition coefficient (Wildman–Crippen LogP) is 4.00. The van der Waals surface area contributed by atoms with Crippen LogP contribution in [0.5, 0.6) is 0 Å². The monoisotopic (exact) mass is 262 g/mol. The Labute approximate surface area is 111 Å². The number of hydrogen-bond donors (Lipinski definition) is 1. The summed E-state index contributed by atoms with van der Waals surface area (Å²) in [5, 5.41) is 10.1. The fourth-order valence-electron chi connectivity index (χ4n) is 2.06. The molecule has 2 aromatic rings. The number of hydrogen-bond acceptors (Lipinski definition) is 1. The number of aliphatic hydroxyl groups is 1. The minimum absolute atomic E-state index is 0.0387. The van der Waals surface area contributed by atoms with Crippen molar-refractivity contribution in [2.24, 2.45) is 0 Å². The molecule has 0 aliphatic carbocycles. The molecule has 1 nitrogen and oxygen atoms in total. The number of aliphatic hydroxyl groups excluding tert-OH is 1. The first-order valence-corrected chi connectivity index (χ1v) is 6.33. The highest BCUT2D eigenvalue weighted by atomic mass is 19.1. The third-order valence-electron chi connectivity index (χ3n) is 3.09. The summed E-state index contributed by atoms with van der Waals surface area (Å²) in [6.07, 6.45) is 0.858. The van der Waals surface area contributed by atoms with Crippen LogP contribution in [0.25, 0.3) is 0 Å². The van der Waals surface area contributed by atoms with Crippen LogP contribution < -0.4 is 0 Å². The van der Waals surface area contributed by atoms with E-state index in [0.717, 1.165) is 36.6 Å². The van der Waals surface area contributed by atoms with Crippen LogP contribution in [0.1, 0.15) is 36.1 Å². The quantitative estimate of drug-likeness (QED) is 0.883. The first-order chi connectivity index (χ1) is 9.11. The third kappa shape index (κ3) is 3.18. The highest BCUT2D eigenvalue weighted by molar-refractivity contribution is 5.33. The van der Waals surface area contributed by atoms with Gasteiger partial charge in [0, 0.05) is 5.56 Å². The van der Waals surface area contributed by atoms with Gasteiger partial charge in [0.2, 0.25) is 0 Å². The molecule has 0 bridgehead atoms. The maximum Gasteiger partial charge on any atom is 0.129 e. The zero-order valence-corrected chi connectivity index (χ0v) is 10.7. The Bertz CT molecular complexity index is 549. The van der Waals surface area contributed by atoms with Gasteiger partial charge in [-0.05, 0) is 35.7 Å². The summed E-state index contributed by atoms with van der Waals surface area (Å²) in [7, 11) is 0. The lowest BCUT2D eigenvalue weighted by atomic mass is 9.99. The van der Waals surface area contributed by atoms with Gasteiger partial charge in [0.25, 0.3) is 0 Å². The average Bonchev–Trinajstić information content (AvgIpc) is 2.42. The van der Waals surface area contributed by atoms with Crippen LogP contribution in [0.3, 0.4) is 0 Å². The molecule has 0 saturated carbocycles. The molecule has 0 radical (unpaired) electrons. The Balaban J connectivity index is 2.27. The van der Waals surface area contributed by atoms with Crippen molar-refractivity contribution in [3.8, 4) is 0 Å². The van der Waals surface area contributed by atoms with Crippen LogP contribution >= 0.6 is 0 Å². The Hall–Kier alpha value is -1.74. The van der Waals surface area contributed by atoms with E-state index in [1.54, 1.807) is 12.1 Å². The molecule has 0 heterocycles. The molecule has 1 unspecified atom stereocenters. The highest BCUT2D eigenvalue weighted by Crippen LogP contribution is 2.25. The molecule has 0 fully saturated rings. The van der Waals surface area contributed by atoms with Gasteiger partial charge in [-0.2, -0.15) is 0 Å². The van der Waals surface area contributed by atoms with E-state index >= 15 is 0 Å². The summed E-state index contributed by atoms with van der Waals surface area (Å²) < 4.78 is 26.7. The second kappa shape index (κ2) is 5.93. The largest absolute Gasteiger partial charge is 0.384 e. The summed E-state index contributed by atoms with van der Waals surface area (Å²) in [6, 6.07) is 10.4. The van der Waals surface area contributed by atoms with Gasteiger partial charge in [-0.25, -0.2) is 8.78 Å². The molecule has 3 heteroatoms. The molecule has 0 amide bonds. The Morgan fingerprint density at radius 2 is 1.74 bits per heavy atom. The number of rotatable bonds is 4. The fraction of sp³-hybridized carbons (Fsp3) is 0.250. The topological polar surface area (TPSA) is 20.2 Å². The van der Waals surface area contributed by atoms with Gasteiger partial charge in [-0.15, -0.1) is 0 Å². The lowest BCUT2D eigenvalue weighted by Crippen LogP contribution is -2.03. The van der Waals surface area contributed by atoms with Crippen molar-refractivity contribution in [3.63, 3.8) is 0 Å². The van der Waals surface area contributed by atoms with Crippen LogP contribution in [-0.2, 0) is 6.42 Å². The smallest absolute Gasteiger partial charge is 0.129 e. The van der Waals surface area contributed by atoms with E-state index in [1.165, 1.54) is 0 Å². The number of benzene rings is 2. The van der Waals surface area contributed by atoms with Crippen molar-refractivity contribution in [1.82, 2.24) is 0 Å². The molecular weight excluding hydrogens is 246 g/mol. The molecule has 0 spiro atoms. The standard InChI is InChI=1S/C16H16F2O/c1-2-3-11-4-6-12(7-5-11)16(19)14-10-13(17)8-9-15(14)18/h4-10,16,19H,2-3H2,1H3. The Kier molecular flexibility index (Phi) is 4.27.